The van der Waals surface area contributed by atoms with E-state index >= 15 is 0 Å². The van der Waals surface area contributed by atoms with E-state index in [1.54, 1.807) is 6.92 Å². The van der Waals surface area contributed by atoms with Crippen molar-refractivity contribution in [1.82, 2.24) is 0 Å². The van der Waals surface area contributed by atoms with E-state index in [9.17, 15) is 0 Å². The largest absolute Gasteiger partial charge is 1.00 e. The van der Waals surface area contributed by atoms with E-state index in [-0.39, 0.29) is 97.6 Å². The molecule has 3 heteroatoms. The molecule has 0 saturated heterocycles. The van der Waals surface area contributed by atoms with Crippen LogP contribution in [0.15, 0.2) is 0 Å². The SMILES string of the molecule is CC[CH-]C(C)O.[CH3-].[K+].[Y]. The first-order valence-electron chi connectivity index (χ1n) is 2.28. The molecule has 1 unspecified atom stereocenters. The van der Waals surface area contributed by atoms with Crippen molar-refractivity contribution < 1.29 is 89.2 Å². The Labute approximate surface area is 127 Å². The summed E-state index contributed by atoms with van der Waals surface area (Å²) in [5.41, 5.74) is 0. The Balaban J connectivity index is -0.0000000417. The van der Waals surface area contributed by atoms with E-state index in [0.29, 0.717) is 0 Å². The van der Waals surface area contributed by atoms with Crippen LogP contribution in [0.4, 0.5) is 0 Å². The Hall–Kier alpha value is 2.70. The molecular formula is C6H14KOY-. The van der Waals surface area contributed by atoms with Crippen LogP contribution in [0, 0.1) is 13.8 Å². The maximum atomic E-state index is 8.50. The van der Waals surface area contributed by atoms with Gasteiger partial charge in [0, 0.05) is 32.7 Å². The molecule has 0 rings (SSSR count). The Morgan fingerprint density at radius 1 is 1.56 bits per heavy atom. The van der Waals surface area contributed by atoms with E-state index in [1.807, 2.05) is 13.3 Å². The van der Waals surface area contributed by atoms with Crippen molar-refractivity contribution in [3.63, 3.8) is 0 Å². The monoisotopic (exact) mass is 230 g/mol. The van der Waals surface area contributed by atoms with Gasteiger partial charge in [-0.25, -0.2) is 0 Å². The van der Waals surface area contributed by atoms with Crippen molar-refractivity contribution in [3.8, 4) is 0 Å². The average molecular weight is 230 g/mol. The first-order chi connectivity index (χ1) is 2.77. The van der Waals surface area contributed by atoms with Crippen LogP contribution < -0.4 is 51.4 Å². The minimum absolute atomic E-state index is 0. The fourth-order valence-corrected chi connectivity index (χ4v) is 0.341. The number of rotatable bonds is 2. The van der Waals surface area contributed by atoms with E-state index in [4.69, 9.17) is 5.11 Å². The van der Waals surface area contributed by atoms with E-state index in [1.165, 1.54) is 0 Å². The number of hydrogen-bond donors (Lipinski definition) is 1. The average Bonchev–Trinajstić information content (AvgIpc) is 1.35. The van der Waals surface area contributed by atoms with Crippen molar-refractivity contribution in [2.75, 3.05) is 0 Å². The summed E-state index contributed by atoms with van der Waals surface area (Å²) in [5, 5.41) is 8.50. The van der Waals surface area contributed by atoms with Crippen LogP contribution in [-0.4, -0.2) is 11.2 Å². The predicted molar refractivity (Wildman–Crippen MR) is 32.7 cm³/mol. The van der Waals surface area contributed by atoms with Crippen LogP contribution in [0.2, 0.25) is 0 Å². The summed E-state index contributed by atoms with van der Waals surface area (Å²) >= 11 is 0. The van der Waals surface area contributed by atoms with Gasteiger partial charge in [0.2, 0.25) is 0 Å². The molecule has 0 aliphatic carbocycles. The van der Waals surface area contributed by atoms with Crippen LogP contribution >= 0.6 is 0 Å². The quantitative estimate of drug-likeness (QED) is 0.449. The zero-order valence-electron chi connectivity index (χ0n) is 6.89. The van der Waals surface area contributed by atoms with Gasteiger partial charge in [0.25, 0.3) is 0 Å². The molecule has 0 aliphatic rings. The third-order valence-electron chi connectivity index (χ3n) is 0.577. The zero-order chi connectivity index (χ0) is 4.99. The summed E-state index contributed by atoms with van der Waals surface area (Å²) in [6, 6.07) is 0. The molecule has 0 spiro atoms. The smallest absolute Gasteiger partial charge is 0.425 e. The molecule has 0 heterocycles. The Morgan fingerprint density at radius 3 is 1.89 bits per heavy atom. The van der Waals surface area contributed by atoms with Gasteiger partial charge in [-0.2, -0.15) is 6.42 Å². The summed E-state index contributed by atoms with van der Waals surface area (Å²) < 4.78 is 0. The molecule has 0 amide bonds. The minimum atomic E-state index is -0.227. The van der Waals surface area contributed by atoms with Gasteiger partial charge < -0.3 is 19.0 Å². The fourth-order valence-electron chi connectivity index (χ4n) is 0.341. The first kappa shape index (κ1) is 22.6. The standard InChI is InChI=1S/C5H11O.CH3.K.Y/c1-3-4-5(2)6;;;/h4-6H,3H2,1-2H3;1H3;;/q2*-1;+1;. The molecule has 1 atom stereocenters. The maximum absolute atomic E-state index is 8.50. The predicted octanol–water partition coefficient (Wildman–Crippen LogP) is -1.57. The van der Waals surface area contributed by atoms with Crippen LogP contribution in [0.5, 0.6) is 0 Å². The molecule has 0 aromatic heterocycles. The Kier molecular flexibility index (Phi) is 42.6. The van der Waals surface area contributed by atoms with Crippen molar-refractivity contribution in [3.05, 3.63) is 13.8 Å². The third-order valence-corrected chi connectivity index (χ3v) is 0.577. The van der Waals surface area contributed by atoms with Crippen LogP contribution in [-0.2, 0) is 32.7 Å². The van der Waals surface area contributed by atoms with E-state index in [2.05, 4.69) is 0 Å². The first-order valence-corrected chi connectivity index (χ1v) is 2.28. The van der Waals surface area contributed by atoms with Crippen molar-refractivity contribution in [1.29, 1.82) is 0 Å². The fraction of sp³-hybridized carbons (Fsp3) is 0.667. The third kappa shape index (κ3) is 24.9. The van der Waals surface area contributed by atoms with Gasteiger partial charge in [-0.1, -0.05) is 20.0 Å². The summed E-state index contributed by atoms with van der Waals surface area (Å²) in [6.45, 7) is 3.76. The molecule has 0 aromatic rings. The number of hydrogen-bond acceptors (Lipinski definition) is 1. The van der Waals surface area contributed by atoms with Gasteiger partial charge in [0.1, 0.15) is 0 Å². The topological polar surface area (TPSA) is 20.2 Å². The molecule has 1 nitrogen and oxygen atoms in total. The molecule has 0 aliphatic heterocycles. The van der Waals surface area contributed by atoms with Crippen LogP contribution in [0.25, 0.3) is 0 Å². The Morgan fingerprint density at radius 2 is 1.89 bits per heavy atom. The normalized spacial score (nSPS) is 9.67. The molecule has 1 N–H and O–H groups in total. The van der Waals surface area contributed by atoms with Gasteiger partial charge >= 0.3 is 51.4 Å². The number of aliphatic hydroxyl groups is 1. The van der Waals surface area contributed by atoms with E-state index < -0.39 is 0 Å². The second kappa shape index (κ2) is 17.0. The molecule has 0 fully saturated rings. The zero-order valence-corrected chi connectivity index (χ0v) is 12.8. The summed E-state index contributed by atoms with van der Waals surface area (Å²) in [5.74, 6) is 0. The summed E-state index contributed by atoms with van der Waals surface area (Å²) in [4.78, 5) is 0. The van der Waals surface area contributed by atoms with Gasteiger partial charge in [-0.15, -0.1) is 0 Å². The molecule has 0 saturated carbocycles. The van der Waals surface area contributed by atoms with Gasteiger partial charge in [0.05, 0.1) is 0 Å². The minimum Gasteiger partial charge on any atom is -0.425 e. The molecular weight excluding hydrogens is 216 g/mol. The van der Waals surface area contributed by atoms with Gasteiger partial charge in [0.15, 0.2) is 0 Å². The van der Waals surface area contributed by atoms with Crippen LogP contribution in [0.1, 0.15) is 20.3 Å². The molecule has 9 heavy (non-hydrogen) atoms. The van der Waals surface area contributed by atoms with Gasteiger partial charge in [-0.05, 0) is 0 Å². The summed E-state index contributed by atoms with van der Waals surface area (Å²) in [7, 11) is 0. The second-order valence-electron chi connectivity index (χ2n) is 1.38. The van der Waals surface area contributed by atoms with Crippen LogP contribution in [0.3, 0.4) is 0 Å². The second-order valence-corrected chi connectivity index (χ2v) is 1.38. The molecule has 49 valence electrons. The van der Waals surface area contributed by atoms with Crippen molar-refractivity contribution in [2.45, 2.75) is 26.4 Å². The molecule has 0 bridgehead atoms. The van der Waals surface area contributed by atoms with Gasteiger partial charge in [-0.3, -0.25) is 0 Å². The molecule has 0 aromatic carbocycles. The van der Waals surface area contributed by atoms with Crippen molar-refractivity contribution in [2.24, 2.45) is 0 Å². The Bertz CT molecular complexity index is 34.2. The maximum Gasteiger partial charge on any atom is 1.00 e. The van der Waals surface area contributed by atoms with E-state index in [0.717, 1.165) is 6.42 Å². The number of aliphatic hydroxyl groups excluding tert-OH is 1. The van der Waals surface area contributed by atoms with Crippen molar-refractivity contribution >= 4 is 0 Å². The summed E-state index contributed by atoms with van der Waals surface area (Å²) in [6.07, 6.45) is 2.58. The molecule has 1 radical (unpaired) electrons.